The van der Waals surface area contributed by atoms with E-state index < -0.39 is 6.10 Å². The summed E-state index contributed by atoms with van der Waals surface area (Å²) in [7, 11) is 0. The van der Waals surface area contributed by atoms with Gasteiger partial charge in [-0.2, -0.15) is 0 Å². The van der Waals surface area contributed by atoms with Gasteiger partial charge in [-0.1, -0.05) is 12.1 Å². The zero-order chi connectivity index (χ0) is 14.1. The summed E-state index contributed by atoms with van der Waals surface area (Å²) in [4.78, 5) is 4.87. The molecule has 0 radical (unpaired) electrons. The molecule has 1 aromatic carbocycles. The van der Waals surface area contributed by atoms with Crippen LogP contribution in [0.1, 0.15) is 25.5 Å². The third kappa shape index (κ3) is 2.82. The molecule has 0 saturated carbocycles. The molecule has 1 N–H and O–H groups in total. The van der Waals surface area contributed by atoms with Crippen LogP contribution >= 0.6 is 0 Å². The standard InChI is InChI=1S/C16H24N2O2/c1-12(2)20-14-5-3-13(4-6-14)16(19)15-11-17-7-9-18(15)10-8-17/h3-6,12,15-16,19H,7-11H2,1-2H3. The molecule has 20 heavy (non-hydrogen) atoms. The molecule has 1 aromatic rings. The Morgan fingerprint density at radius 1 is 1.10 bits per heavy atom. The van der Waals surface area contributed by atoms with E-state index in [9.17, 15) is 5.11 Å². The number of fused-ring (bicyclic) bond motifs is 3. The van der Waals surface area contributed by atoms with E-state index in [0.717, 1.165) is 44.0 Å². The van der Waals surface area contributed by atoms with E-state index in [-0.39, 0.29) is 12.1 Å². The quantitative estimate of drug-likeness (QED) is 0.904. The van der Waals surface area contributed by atoms with E-state index in [4.69, 9.17) is 4.74 Å². The predicted octanol–water partition coefficient (Wildman–Crippen LogP) is 1.51. The van der Waals surface area contributed by atoms with E-state index in [0.29, 0.717) is 0 Å². The van der Waals surface area contributed by atoms with E-state index in [1.165, 1.54) is 0 Å². The van der Waals surface area contributed by atoms with Crippen LogP contribution in [0, 0.1) is 0 Å². The molecule has 4 rings (SSSR count). The number of aliphatic hydroxyl groups excluding tert-OH is 1. The van der Waals surface area contributed by atoms with Crippen molar-refractivity contribution in [3.8, 4) is 5.75 Å². The van der Waals surface area contributed by atoms with Gasteiger partial charge in [0.25, 0.3) is 0 Å². The normalized spacial score (nSPS) is 30.5. The van der Waals surface area contributed by atoms with E-state index >= 15 is 0 Å². The van der Waals surface area contributed by atoms with Gasteiger partial charge < -0.3 is 9.84 Å². The fourth-order valence-corrected chi connectivity index (χ4v) is 3.19. The van der Waals surface area contributed by atoms with Gasteiger partial charge in [0, 0.05) is 32.7 Å². The number of aliphatic hydroxyl groups is 1. The average Bonchev–Trinajstić information content (AvgIpc) is 2.48. The first kappa shape index (κ1) is 13.9. The first-order valence-electron chi connectivity index (χ1n) is 7.54. The van der Waals surface area contributed by atoms with Crippen molar-refractivity contribution in [1.82, 2.24) is 9.80 Å². The van der Waals surface area contributed by atoms with Gasteiger partial charge in [0.15, 0.2) is 0 Å². The molecule has 3 saturated heterocycles. The Morgan fingerprint density at radius 3 is 2.25 bits per heavy atom. The Bertz CT molecular complexity index is 438. The topological polar surface area (TPSA) is 35.9 Å². The van der Waals surface area contributed by atoms with Crippen LogP contribution < -0.4 is 4.74 Å². The number of hydrogen-bond donors (Lipinski definition) is 1. The zero-order valence-corrected chi connectivity index (χ0v) is 12.3. The highest BCUT2D eigenvalue weighted by molar-refractivity contribution is 5.29. The third-order valence-corrected chi connectivity index (χ3v) is 4.28. The lowest BCUT2D eigenvalue weighted by Crippen LogP contribution is -2.62. The van der Waals surface area contributed by atoms with Gasteiger partial charge in [-0.3, -0.25) is 9.80 Å². The van der Waals surface area contributed by atoms with Crippen LogP contribution in [0.5, 0.6) is 5.75 Å². The van der Waals surface area contributed by atoms with Crippen molar-refractivity contribution in [3.63, 3.8) is 0 Å². The first-order chi connectivity index (χ1) is 9.63. The summed E-state index contributed by atoms with van der Waals surface area (Å²) in [5.41, 5.74) is 0.986. The van der Waals surface area contributed by atoms with Crippen LogP contribution in [0.3, 0.4) is 0 Å². The highest BCUT2D eigenvalue weighted by Gasteiger charge is 2.36. The summed E-state index contributed by atoms with van der Waals surface area (Å²) in [6.45, 7) is 9.46. The number of nitrogens with zero attached hydrogens (tertiary/aromatic N) is 2. The number of rotatable bonds is 4. The SMILES string of the molecule is CC(C)Oc1ccc(C(O)C2CN3CCN2CC3)cc1. The minimum atomic E-state index is -0.411. The molecular formula is C16H24N2O2. The molecule has 0 spiro atoms. The third-order valence-electron chi connectivity index (χ3n) is 4.28. The number of benzene rings is 1. The van der Waals surface area contributed by atoms with Crippen molar-refractivity contribution in [2.75, 3.05) is 32.7 Å². The highest BCUT2D eigenvalue weighted by atomic mass is 16.5. The maximum atomic E-state index is 10.6. The van der Waals surface area contributed by atoms with Gasteiger partial charge in [0.1, 0.15) is 5.75 Å². The van der Waals surface area contributed by atoms with Crippen LogP contribution in [0.4, 0.5) is 0 Å². The maximum Gasteiger partial charge on any atom is 0.119 e. The van der Waals surface area contributed by atoms with Gasteiger partial charge in [-0.05, 0) is 31.5 Å². The minimum Gasteiger partial charge on any atom is -0.491 e. The number of piperazine rings is 3. The fraction of sp³-hybridized carbons (Fsp3) is 0.625. The lowest BCUT2D eigenvalue weighted by Gasteiger charge is -2.49. The summed E-state index contributed by atoms with van der Waals surface area (Å²) >= 11 is 0. The van der Waals surface area contributed by atoms with Gasteiger partial charge in [0.2, 0.25) is 0 Å². The molecule has 3 heterocycles. The lowest BCUT2D eigenvalue weighted by molar-refractivity contribution is -0.0470. The molecule has 0 amide bonds. The van der Waals surface area contributed by atoms with Crippen LogP contribution in [0.15, 0.2) is 24.3 Å². The molecule has 4 heteroatoms. The van der Waals surface area contributed by atoms with E-state index in [1.807, 2.05) is 38.1 Å². The van der Waals surface area contributed by atoms with Gasteiger partial charge >= 0.3 is 0 Å². The summed E-state index contributed by atoms with van der Waals surface area (Å²) in [6, 6.07) is 8.11. The summed E-state index contributed by atoms with van der Waals surface area (Å²) in [5, 5.41) is 10.6. The molecule has 2 bridgehead atoms. The van der Waals surface area contributed by atoms with Gasteiger partial charge in [-0.15, -0.1) is 0 Å². The highest BCUT2D eigenvalue weighted by Crippen LogP contribution is 2.28. The van der Waals surface area contributed by atoms with Crippen molar-refractivity contribution in [2.24, 2.45) is 0 Å². The molecule has 3 aliphatic heterocycles. The maximum absolute atomic E-state index is 10.6. The lowest BCUT2D eigenvalue weighted by atomic mass is 9.96. The summed E-state index contributed by atoms with van der Waals surface area (Å²) in [6.07, 6.45) is -0.232. The van der Waals surface area contributed by atoms with Crippen LogP contribution in [0.2, 0.25) is 0 Å². The Balaban J connectivity index is 1.69. The Labute approximate surface area is 120 Å². The Morgan fingerprint density at radius 2 is 1.75 bits per heavy atom. The van der Waals surface area contributed by atoms with Crippen molar-refractivity contribution in [2.45, 2.75) is 32.1 Å². The van der Waals surface area contributed by atoms with Crippen LogP contribution in [-0.2, 0) is 0 Å². The zero-order valence-electron chi connectivity index (χ0n) is 12.3. The largest absolute Gasteiger partial charge is 0.491 e. The Kier molecular flexibility index (Phi) is 3.96. The fourth-order valence-electron chi connectivity index (χ4n) is 3.19. The molecule has 110 valence electrons. The average molecular weight is 276 g/mol. The van der Waals surface area contributed by atoms with Gasteiger partial charge in [0.05, 0.1) is 18.2 Å². The molecular weight excluding hydrogens is 252 g/mol. The van der Waals surface area contributed by atoms with Crippen molar-refractivity contribution in [1.29, 1.82) is 0 Å². The molecule has 2 atom stereocenters. The second-order valence-electron chi connectivity index (χ2n) is 6.08. The van der Waals surface area contributed by atoms with Crippen molar-refractivity contribution < 1.29 is 9.84 Å². The first-order valence-corrected chi connectivity index (χ1v) is 7.54. The monoisotopic (exact) mass is 276 g/mol. The molecule has 3 aliphatic rings. The Hall–Kier alpha value is -1.10. The van der Waals surface area contributed by atoms with E-state index in [2.05, 4.69) is 9.80 Å². The minimum absolute atomic E-state index is 0.179. The molecule has 2 unspecified atom stereocenters. The summed E-state index contributed by atoms with van der Waals surface area (Å²) in [5.74, 6) is 0.866. The number of ether oxygens (including phenoxy) is 1. The second-order valence-corrected chi connectivity index (χ2v) is 6.08. The van der Waals surface area contributed by atoms with E-state index in [1.54, 1.807) is 0 Å². The van der Waals surface area contributed by atoms with Crippen LogP contribution in [-0.4, -0.2) is 59.8 Å². The number of hydrogen-bond acceptors (Lipinski definition) is 4. The molecule has 0 aliphatic carbocycles. The van der Waals surface area contributed by atoms with Crippen molar-refractivity contribution in [3.05, 3.63) is 29.8 Å². The molecule has 4 nitrogen and oxygen atoms in total. The summed E-state index contributed by atoms with van der Waals surface area (Å²) < 4.78 is 5.64. The van der Waals surface area contributed by atoms with Crippen molar-refractivity contribution >= 4 is 0 Å². The van der Waals surface area contributed by atoms with Crippen LogP contribution in [0.25, 0.3) is 0 Å². The predicted molar refractivity (Wildman–Crippen MR) is 79.0 cm³/mol. The second kappa shape index (κ2) is 5.72. The smallest absolute Gasteiger partial charge is 0.119 e. The molecule has 3 fully saturated rings. The molecule has 0 aromatic heterocycles. The van der Waals surface area contributed by atoms with Gasteiger partial charge in [-0.25, -0.2) is 0 Å².